The monoisotopic (exact) mass is 243 g/mol. The van der Waals surface area contributed by atoms with Crippen LogP contribution >= 0.6 is 11.3 Å². The van der Waals surface area contributed by atoms with Gasteiger partial charge in [-0.25, -0.2) is 0 Å². The number of fused-ring (bicyclic) bond motifs is 1. The second-order valence-corrected chi connectivity index (χ2v) is 5.83. The lowest BCUT2D eigenvalue weighted by Crippen LogP contribution is -2.46. The van der Waals surface area contributed by atoms with Crippen LogP contribution in [0.2, 0.25) is 0 Å². The Morgan fingerprint density at radius 1 is 1.18 bits per heavy atom. The van der Waals surface area contributed by atoms with Gasteiger partial charge in [0, 0.05) is 11.4 Å². The minimum absolute atomic E-state index is 0.0447. The molecule has 2 heteroatoms. The van der Waals surface area contributed by atoms with Gasteiger partial charge in [0.1, 0.15) is 0 Å². The molecule has 0 radical (unpaired) electrons. The van der Waals surface area contributed by atoms with Crippen LogP contribution in [-0.4, -0.2) is 18.5 Å². The molecule has 0 fully saturated rings. The Morgan fingerprint density at radius 3 is 2.76 bits per heavy atom. The van der Waals surface area contributed by atoms with Crippen LogP contribution in [0.1, 0.15) is 22.9 Å². The molecule has 3 rings (SSSR count). The zero-order chi connectivity index (χ0) is 11.9. The van der Waals surface area contributed by atoms with Crippen molar-refractivity contribution < 1.29 is 0 Å². The van der Waals surface area contributed by atoms with E-state index in [2.05, 4.69) is 60.6 Å². The van der Waals surface area contributed by atoms with E-state index in [9.17, 15) is 0 Å². The average molecular weight is 243 g/mol. The largest absolute Gasteiger partial charge is 0.292 e. The molecule has 0 bridgehead atoms. The predicted molar refractivity (Wildman–Crippen MR) is 73.5 cm³/mol. The first-order chi connectivity index (χ1) is 8.23. The Labute approximate surface area is 107 Å². The van der Waals surface area contributed by atoms with Gasteiger partial charge in [-0.15, -0.1) is 11.3 Å². The summed E-state index contributed by atoms with van der Waals surface area (Å²) in [5.41, 5.74) is 3.01. The lowest BCUT2D eigenvalue weighted by atomic mass is 9.81. The molecule has 0 spiro atoms. The molecule has 1 unspecified atom stereocenters. The molecule has 0 aliphatic carbocycles. The van der Waals surface area contributed by atoms with E-state index in [1.165, 1.54) is 16.0 Å². The molecule has 0 amide bonds. The van der Waals surface area contributed by atoms with Crippen LogP contribution in [0.4, 0.5) is 0 Å². The van der Waals surface area contributed by atoms with Crippen molar-refractivity contribution in [2.24, 2.45) is 0 Å². The summed E-state index contributed by atoms with van der Waals surface area (Å²) in [6.45, 7) is 3.47. The summed E-state index contributed by atoms with van der Waals surface area (Å²) in [5.74, 6) is 0. The lowest BCUT2D eigenvalue weighted by molar-refractivity contribution is 0.168. The minimum atomic E-state index is 0.0447. The molecule has 0 saturated carbocycles. The van der Waals surface area contributed by atoms with Crippen molar-refractivity contribution in [1.82, 2.24) is 4.90 Å². The van der Waals surface area contributed by atoms with Gasteiger partial charge >= 0.3 is 0 Å². The molecule has 1 aliphatic heterocycles. The van der Waals surface area contributed by atoms with Gasteiger partial charge in [-0.3, -0.25) is 4.90 Å². The van der Waals surface area contributed by atoms with Crippen LogP contribution in [-0.2, 0) is 12.0 Å². The van der Waals surface area contributed by atoms with Crippen LogP contribution in [0, 0.1) is 0 Å². The van der Waals surface area contributed by atoms with Crippen LogP contribution in [0.3, 0.4) is 0 Å². The third kappa shape index (κ3) is 1.55. The highest BCUT2D eigenvalue weighted by atomic mass is 32.1. The normalized spacial score (nSPS) is 24.6. The van der Waals surface area contributed by atoms with E-state index in [1.54, 1.807) is 0 Å². The fourth-order valence-electron chi connectivity index (χ4n) is 2.81. The Bertz CT molecular complexity index is 517. The zero-order valence-corrected chi connectivity index (χ0v) is 11.1. The van der Waals surface area contributed by atoms with E-state index in [4.69, 9.17) is 0 Å². The van der Waals surface area contributed by atoms with Crippen molar-refractivity contribution in [3.05, 3.63) is 57.8 Å². The first kappa shape index (κ1) is 11.0. The van der Waals surface area contributed by atoms with E-state index in [0.29, 0.717) is 0 Å². The first-order valence-electron chi connectivity index (χ1n) is 6.06. The SMILES string of the molecule is CN1CCc2ccccc2C1(C)c1cccs1. The molecule has 1 aromatic heterocycles. The highest BCUT2D eigenvalue weighted by Gasteiger charge is 2.38. The number of rotatable bonds is 1. The second-order valence-electron chi connectivity index (χ2n) is 4.88. The van der Waals surface area contributed by atoms with E-state index >= 15 is 0 Å². The van der Waals surface area contributed by atoms with Crippen molar-refractivity contribution in [1.29, 1.82) is 0 Å². The molecule has 0 saturated heterocycles. The molecule has 1 aliphatic rings. The van der Waals surface area contributed by atoms with Gasteiger partial charge in [0.05, 0.1) is 5.54 Å². The van der Waals surface area contributed by atoms with Crippen molar-refractivity contribution in [2.75, 3.05) is 13.6 Å². The minimum Gasteiger partial charge on any atom is -0.292 e. The van der Waals surface area contributed by atoms with Crippen molar-refractivity contribution in [3.8, 4) is 0 Å². The maximum atomic E-state index is 2.47. The molecule has 1 nitrogen and oxygen atoms in total. The highest BCUT2D eigenvalue weighted by Crippen LogP contribution is 2.41. The van der Waals surface area contributed by atoms with Gasteiger partial charge in [0.2, 0.25) is 0 Å². The van der Waals surface area contributed by atoms with Crippen molar-refractivity contribution >= 4 is 11.3 Å². The lowest BCUT2D eigenvalue weighted by Gasteiger charge is -2.43. The van der Waals surface area contributed by atoms with Crippen LogP contribution < -0.4 is 0 Å². The molecule has 0 N–H and O–H groups in total. The van der Waals surface area contributed by atoms with E-state index in [0.717, 1.165) is 13.0 Å². The number of thiophene rings is 1. The highest BCUT2D eigenvalue weighted by molar-refractivity contribution is 7.10. The Balaban J connectivity index is 2.21. The van der Waals surface area contributed by atoms with Crippen LogP contribution in [0.5, 0.6) is 0 Å². The van der Waals surface area contributed by atoms with E-state index in [-0.39, 0.29) is 5.54 Å². The van der Waals surface area contributed by atoms with Gasteiger partial charge in [-0.1, -0.05) is 30.3 Å². The van der Waals surface area contributed by atoms with Crippen LogP contribution in [0.25, 0.3) is 0 Å². The number of likely N-dealkylation sites (N-methyl/N-ethyl adjacent to an activating group) is 1. The quantitative estimate of drug-likeness (QED) is 0.741. The van der Waals surface area contributed by atoms with Gasteiger partial charge in [0.15, 0.2) is 0 Å². The van der Waals surface area contributed by atoms with E-state index < -0.39 is 0 Å². The molecular weight excluding hydrogens is 226 g/mol. The first-order valence-corrected chi connectivity index (χ1v) is 6.94. The molecular formula is C15H17NS. The molecule has 1 atom stereocenters. The molecule has 88 valence electrons. The van der Waals surface area contributed by atoms with Crippen molar-refractivity contribution in [2.45, 2.75) is 18.9 Å². The number of hydrogen-bond donors (Lipinski definition) is 0. The third-order valence-corrected chi connectivity index (χ3v) is 5.10. The average Bonchev–Trinajstić information content (AvgIpc) is 2.88. The van der Waals surface area contributed by atoms with Gasteiger partial charge in [-0.05, 0) is 43.0 Å². The van der Waals surface area contributed by atoms with Gasteiger partial charge < -0.3 is 0 Å². The molecule has 17 heavy (non-hydrogen) atoms. The summed E-state index contributed by atoms with van der Waals surface area (Å²) in [6, 6.07) is 13.3. The third-order valence-electron chi connectivity index (χ3n) is 4.02. The molecule has 2 aromatic rings. The summed E-state index contributed by atoms with van der Waals surface area (Å²) in [4.78, 5) is 3.91. The fraction of sp³-hybridized carbons (Fsp3) is 0.333. The second kappa shape index (κ2) is 3.97. The van der Waals surface area contributed by atoms with Crippen LogP contribution in [0.15, 0.2) is 41.8 Å². The summed E-state index contributed by atoms with van der Waals surface area (Å²) >= 11 is 1.85. The number of nitrogens with zero attached hydrogens (tertiary/aromatic N) is 1. The topological polar surface area (TPSA) is 3.24 Å². The zero-order valence-electron chi connectivity index (χ0n) is 10.3. The number of hydrogen-bond acceptors (Lipinski definition) is 2. The Kier molecular flexibility index (Phi) is 2.57. The standard InChI is InChI=1S/C15H17NS/c1-15(14-8-5-11-17-14)13-7-4-3-6-12(13)9-10-16(15)2/h3-8,11H,9-10H2,1-2H3. The Hall–Kier alpha value is -1.12. The smallest absolute Gasteiger partial charge is 0.0780 e. The van der Waals surface area contributed by atoms with Crippen molar-refractivity contribution in [3.63, 3.8) is 0 Å². The van der Waals surface area contributed by atoms with E-state index in [1.807, 2.05) is 11.3 Å². The fourth-order valence-corrected chi connectivity index (χ4v) is 3.76. The summed E-state index contributed by atoms with van der Waals surface area (Å²) in [7, 11) is 2.23. The van der Waals surface area contributed by atoms with Gasteiger partial charge in [0.25, 0.3) is 0 Å². The maximum Gasteiger partial charge on any atom is 0.0780 e. The number of benzene rings is 1. The van der Waals surface area contributed by atoms with Gasteiger partial charge in [-0.2, -0.15) is 0 Å². The maximum absolute atomic E-state index is 2.47. The molecule has 1 aromatic carbocycles. The summed E-state index contributed by atoms with van der Waals surface area (Å²) in [6.07, 6.45) is 1.16. The molecule has 2 heterocycles. The summed E-state index contributed by atoms with van der Waals surface area (Å²) < 4.78 is 0. The Morgan fingerprint density at radius 2 is 2.00 bits per heavy atom. The summed E-state index contributed by atoms with van der Waals surface area (Å²) in [5, 5.41) is 2.17. The predicted octanol–water partition coefficient (Wildman–Crippen LogP) is 3.50.